The van der Waals surface area contributed by atoms with Crippen LogP contribution in [0.15, 0.2) is 53.0 Å². The molecule has 150 valence electrons. The van der Waals surface area contributed by atoms with Crippen molar-refractivity contribution in [2.75, 3.05) is 24.9 Å². The summed E-state index contributed by atoms with van der Waals surface area (Å²) < 4.78 is 12.1. The second kappa shape index (κ2) is 8.78. The number of para-hydroxylation sites is 4. The number of hydrogen-bond acceptors (Lipinski definition) is 5. The highest BCUT2D eigenvalue weighted by Gasteiger charge is 2.25. The summed E-state index contributed by atoms with van der Waals surface area (Å²) in [7, 11) is 4.62. The van der Waals surface area contributed by atoms with E-state index in [9.17, 15) is 9.59 Å². The number of methoxy groups -OCH3 is 2. The Morgan fingerprint density at radius 1 is 0.897 bits per heavy atom. The van der Waals surface area contributed by atoms with Crippen molar-refractivity contribution in [1.29, 1.82) is 0 Å². The molecule has 8 nitrogen and oxygen atoms in total. The van der Waals surface area contributed by atoms with Gasteiger partial charge in [0.25, 0.3) is 11.8 Å². The first-order valence-corrected chi connectivity index (χ1v) is 9.36. The van der Waals surface area contributed by atoms with Gasteiger partial charge in [0.15, 0.2) is 5.69 Å². The van der Waals surface area contributed by atoms with E-state index in [1.54, 1.807) is 55.6 Å². The van der Waals surface area contributed by atoms with Crippen LogP contribution in [0.3, 0.4) is 0 Å². The first-order valence-electron chi connectivity index (χ1n) is 8.57. The monoisotopic (exact) mass is 458 g/mol. The number of aromatic nitrogens is 2. The van der Waals surface area contributed by atoms with Gasteiger partial charge in [0.05, 0.1) is 30.1 Å². The van der Waals surface area contributed by atoms with Gasteiger partial charge in [-0.25, -0.2) is 0 Å². The Kier molecular flexibility index (Phi) is 6.18. The molecule has 1 heterocycles. The van der Waals surface area contributed by atoms with E-state index in [-0.39, 0.29) is 15.9 Å². The number of carbonyl (C=O) groups excluding carboxylic acids is 2. The van der Waals surface area contributed by atoms with E-state index < -0.39 is 11.8 Å². The van der Waals surface area contributed by atoms with Crippen LogP contribution in [-0.2, 0) is 7.05 Å². The van der Waals surface area contributed by atoms with Crippen LogP contribution in [0.2, 0.25) is 0 Å². The van der Waals surface area contributed by atoms with Gasteiger partial charge in [-0.15, -0.1) is 0 Å². The maximum Gasteiger partial charge on any atom is 0.277 e. The predicted octanol–water partition coefficient (Wildman–Crippen LogP) is 3.70. The summed E-state index contributed by atoms with van der Waals surface area (Å²) in [6.07, 6.45) is 0. The molecule has 0 fully saturated rings. The van der Waals surface area contributed by atoms with Crippen molar-refractivity contribution < 1.29 is 19.1 Å². The SMILES string of the molecule is COc1ccccc1NC(=O)c1nn(C)c(C(=O)Nc2ccccc2OC)c1Br. The van der Waals surface area contributed by atoms with E-state index in [1.165, 1.54) is 18.9 Å². The second-order valence-corrected chi connectivity index (χ2v) is 6.74. The molecule has 3 rings (SSSR count). The molecule has 0 saturated carbocycles. The molecule has 9 heteroatoms. The van der Waals surface area contributed by atoms with Gasteiger partial charge in [-0.3, -0.25) is 14.3 Å². The fraction of sp³-hybridized carbons (Fsp3) is 0.150. The smallest absolute Gasteiger partial charge is 0.277 e. The normalized spacial score (nSPS) is 10.3. The Balaban J connectivity index is 1.86. The Hall–Kier alpha value is -3.33. The van der Waals surface area contributed by atoms with Crippen molar-refractivity contribution in [3.05, 3.63) is 64.4 Å². The summed E-state index contributed by atoms with van der Waals surface area (Å²) in [5, 5.41) is 9.71. The van der Waals surface area contributed by atoms with E-state index in [2.05, 4.69) is 31.7 Å². The molecule has 2 amide bonds. The zero-order valence-corrected chi connectivity index (χ0v) is 17.6. The maximum atomic E-state index is 12.8. The lowest BCUT2D eigenvalue weighted by molar-refractivity contribution is 0.101. The molecule has 0 aliphatic heterocycles. The molecular weight excluding hydrogens is 440 g/mol. The first kappa shape index (κ1) is 20.4. The molecule has 29 heavy (non-hydrogen) atoms. The van der Waals surface area contributed by atoms with Crippen LogP contribution in [0.5, 0.6) is 11.5 Å². The molecule has 0 atom stereocenters. The summed E-state index contributed by atoms with van der Waals surface area (Å²) >= 11 is 3.33. The van der Waals surface area contributed by atoms with E-state index in [1.807, 2.05) is 0 Å². The van der Waals surface area contributed by atoms with Crippen molar-refractivity contribution in [3.63, 3.8) is 0 Å². The average molecular weight is 459 g/mol. The molecule has 0 saturated heterocycles. The van der Waals surface area contributed by atoms with Crippen molar-refractivity contribution in [3.8, 4) is 11.5 Å². The molecule has 0 spiro atoms. The number of anilines is 2. The van der Waals surface area contributed by atoms with Crippen molar-refractivity contribution in [2.24, 2.45) is 7.05 Å². The highest BCUT2D eigenvalue weighted by molar-refractivity contribution is 9.10. The van der Waals surface area contributed by atoms with Crippen LogP contribution in [0.25, 0.3) is 0 Å². The van der Waals surface area contributed by atoms with Crippen molar-refractivity contribution in [1.82, 2.24) is 9.78 Å². The van der Waals surface area contributed by atoms with Crippen molar-refractivity contribution in [2.45, 2.75) is 0 Å². The number of amides is 2. The highest BCUT2D eigenvalue weighted by Crippen LogP contribution is 2.28. The van der Waals surface area contributed by atoms with Gasteiger partial charge >= 0.3 is 0 Å². The number of aryl methyl sites for hydroxylation is 1. The van der Waals surface area contributed by atoms with Gasteiger partial charge < -0.3 is 20.1 Å². The van der Waals surface area contributed by atoms with Crippen LogP contribution in [0.1, 0.15) is 21.0 Å². The van der Waals surface area contributed by atoms with Crippen LogP contribution in [0.4, 0.5) is 11.4 Å². The van der Waals surface area contributed by atoms with Gasteiger partial charge in [-0.2, -0.15) is 5.10 Å². The third-order valence-corrected chi connectivity index (χ3v) is 4.88. The third-order valence-electron chi connectivity index (χ3n) is 4.13. The average Bonchev–Trinajstić information content (AvgIpc) is 3.03. The zero-order chi connectivity index (χ0) is 21.0. The molecule has 0 unspecified atom stereocenters. The van der Waals surface area contributed by atoms with Gasteiger partial charge in [0, 0.05) is 7.05 Å². The standard InChI is InChI=1S/C20H19BrN4O4/c1-25-18(20(27)23-13-9-5-7-11-15(13)29-3)16(21)17(24-25)19(26)22-12-8-4-6-10-14(12)28-2/h4-11H,1-3H3,(H,22,26)(H,23,27). The minimum atomic E-state index is -0.478. The summed E-state index contributed by atoms with van der Waals surface area (Å²) in [5.74, 6) is 0.122. The molecule has 2 N–H and O–H groups in total. The van der Waals surface area contributed by atoms with E-state index in [4.69, 9.17) is 9.47 Å². The van der Waals surface area contributed by atoms with Gasteiger partial charge in [0.2, 0.25) is 0 Å². The summed E-state index contributed by atoms with van der Waals surface area (Å²) in [6.45, 7) is 0. The number of halogens is 1. The quantitative estimate of drug-likeness (QED) is 0.586. The highest BCUT2D eigenvalue weighted by atomic mass is 79.9. The number of nitrogens with zero attached hydrogens (tertiary/aromatic N) is 2. The molecular formula is C20H19BrN4O4. The van der Waals surface area contributed by atoms with E-state index in [0.29, 0.717) is 22.9 Å². The van der Waals surface area contributed by atoms with Crippen LogP contribution >= 0.6 is 15.9 Å². The van der Waals surface area contributed by atoms with E-state index >= 15 is 0 Å². The number of rotatable bonds is 6. The lowest BCUT2D eigenvalue weighted by atomic mass is 10.2. The zero-order valence-electron chi connectivity index (χ0n) is 16.0. The minimum absolute atomic E-state index is 0.0728. The lowest BCUT2D eigenvalue weighted by Gasteiger charge is -2.10. The second-order valence-electron chi connectivity index (χ2n) is 5.94. The summed E-state index contributed by atoms with van der Waals surface area (Å²) in [6, 6.07) is 14.1. The fourth-order valence-corrected chi connectivity index (χ4v) is 3.44. The number of nitrogens with one attached hydrogen (secondary N) is 2. The van der Waals surface area contributed by atoms with Crippen LogP contribution in [-0.4, -0.2) is 35.8 Å². The number of hydrogen-bond donors (Lipinski definition) is 2. The third kappa shape index (κ3) is 4.24. The van der Waals surface area contributed by atoms with Gasteiger partial charge in [-0.1, -0.05) is 24.3 Å². The largest absolute Gasteiger partial charge is 0.495 e. The molecule has 1 aromatic heterocycles. The number of ether oxygens (including phenoxy) is 2. The van der Waals surface area contributed by atoms with Crippen molar-refractivity contribution >= 4 is 39.1 Å². The summed E-state index contributed by atoms with van der Waals surface area (Å²) in [5.41, 5.74) is 1.27. The first-order chi connectivity index (χ1) is 14.0. The molecule has 0 aliphatic carbocycles. The fourth-order valence-electron chi connectivity index (χ4n) is 2.75. The molecule has 0 radical (unpaired) electrons. The molecule has 2 aromatic carbocycles. The topological polar surface area (TPSA) is 94.5 Å². The number of benzene rings is 2. The number of carbonyl (C=O) groups is 2. The minimum Gasteiger partial charge on any atom is -0.495 e. The van der Waals surface area contributed by atoms with E-state index in [0.717, 1.165) is 0 Å². The van der Waals surface area contributed by atoms with Gasteiger partial charge in [-0.05, 0) is 40.2 Å². The molecule has 0 aliphatic rings. The Labute approximate surface area is 175 Å². The predicted molar refractivity (Wildman–Crippen MR) is 113 cm³/mol. The van der Waals surface area contributed by atoms with Crippen LogP contribution < -0.4 is 20.1 Å². The molecule has 0 bridgehead atoms. The maximum absolute atomic E-state index is 12.8. The Morgan fingerprint density at radius 2 is 1.38 bits per heavy atom. The Morgan fingerprint density at radius 3 is 1.90 bits per heavy atom. The van der Waals surface area contributed by atoms with Gasteiger partial charge in [0.1, 0.15) is 17.2 Å². The Bertz CT molecular complexity index is 1060. The summed E-state index contributed by atoms with van der Waals surface area (Å²) in [4.78, 5) is 25.5. The van der Waals surface area contributed by atoms with Crippen LogP contribution in [0, 0.1) is 0 Å². The molecule has 3 aromatic rings. The lowest BCUT2D eigenvalue weighted by Crippen LogP contribution is -2.17.